The van der Waals surface area contributed by atoms with Gasteiger partial charge in [-0.3, -0.25) is 4.79 Å². The Morgan fingerprint density at radius 2 is 2.09 bits per heavy atom. The number of imidazole rings is 1. The molecule has 1 unspecified atom stereocenters. The molecule has 2 aliphatic rings. The number of H-pyrrole nitrogens is 2. The monoisotopic (exact) mass is 482 g/mol. The highest BCUT2D eigenvalue weighted by molar-refractivity contribution is 7.99. The third-order valence-corrected chi connectivity index (χ3v) is 6.83. The maximum Gasteiger partial charge on any atom is 0.354 e. The minimum Gasteiger partial charge on any atom is -0.477 e. The van der Waals surface area contributed by atoms with E-state index >= 15 is 0 Å². The lowest BCUT2D eigenvalue weighted by molar-refractivity contribution is -0.116. The number of hydrogen-bond donors (Lipinski definition) is 4. The highest BCUT2D eigenvalue weighted by Gasteiger charge is 2.39. The number of Topliss-reactive ketones (excluding diaryl/α,β-unsaturated/α-hetero) is 1. The molecule has 34 heavy (non-hydrogen) atoms. The van der Waals surface area contributed by atoms with Crippen LogP contribution in [0.4, 0.5) is 14.5 Å². The number of carboxylic acid groups (broad SMARTS) is 1. The van der Waals surface area contributed by atoms with Crippen LogP contribution in [0, 0.1) is 11.6 Å². The van der Waals surface area contributed by atoms with Crippen molar-refractivity contribution in [1.29, 1.82) is 0 Å². The Hall–Kier alpha value is -3.86. The maximum atomic E-state index is 14.0. The number of carboxylic acids is 1. The molecule has 0 spiro atoms. The first-order valence-corrected chi connectivity index (χ1v) is 11.3. The van der Waals surface area contributed by atoms with Gasteiger partial charge in [-0.1, -0.05) is 0 Å². The molecule has 0 bridgehead atoms. The molecule has 3 aromatic heterocycles. The van der Waals surface area contributed by atoms with Crippen molar-refractivity contribution in [2.75, 3.05) is 5.32 Å². The zero-order valence-electron chi connectivity index (χ0n) is 17.4. The number of rotatable bonds is 4. The van der Waals surface area contributed by atoms with Crippen LogP contribution in [0.5, 0.6) is 0 Å². The van der Waals surface area contributed by atoms with Crippen LogP contribution in [0.2, 0.25) is 0 Å². The van der Waals surface area contributed by atoms with E-state index in [4.69, 9.17) is 4.42 Å². The van der Waals surface area contributed by atoms with Crippen LogP contribution in [-0.2, 0) is 4.79 Å². The predicted molar refractivity (Wildman–Crippen MR) is 118 cm³/mol. The molecule has 6 rings (SSSR count). The number of carbonyl (C=O) groups is 2. The van der Waals surface area contributed by atoms with E-state index in [1.54, 1.807) is 18.3 Å². The Morgan fingerprint density at radius 3 is 2.91 bits per heavy atom. The number of allylic oxidation sites excluding steroid dienone is 2. The summed E-state index contributed by atoms with van der Waals surface area (Å²) in [6.45, 7) is 0. The molecule has 0 saturated heterocycles. The number of nitrogens with one attached hydrogen (secondary N) is 3. The van der Waals surface area contributed by atoms with E-state index in [2.05, 4.69) is 20.3 Å². The summed E-state index contributed by atoms with van der Waals surface area (Å²) < 4.78 is 33.6. The van der Waals surface area contributed by atoms with Crippen LogP contribution < -0.4 is 5.32 Å². The summed E-state index contributed by atoms with van der Waals surface area (Å²) in [6, 6.07) is 5.36. The summed E-state index contributed by atoms with van der Waals surface area (Å²) in [7, 11) is 0. The average Bonchev–Trinajstić information content (AvgIpc) is 3.51. The number of aromatic amines is 2. The molecule has 1 aliphatic heterocycles. The van der Waals surface area contributed by atoms with Gasteiger partial charge in [0.05, 0.1) is 17.1 Å². The fourth-order valence-electron chi connectivity index (χ4n) is 4.61. The minimum atomic E-state index is -1.11. The summed E-state index contributed by atoms with van der Waals surface area (Å²) in [5, 5.41) is 13.4. The van der Waals surface area contributed by atoms with E-state index in [9.17, 15) is 23.5 Å². The number of ketones is 1. The highest BCUT2D eigenvalue weighted by Crippen LogP contribution is 2.47. The molecule has 0 fully saturated rings. The lowest BCUT2D eigenvalue weighted by atomic mass is 9.78. The quantitative estimate of drug-likeness (QED) is 0.316. The second kappa shape index (κ2) is 7.59. The Kier molecular flexibility index (Phi) is 4.63. The SMILES string of the molecule is O=C1CCCC2=C1C(c1ccc(Sc3nc4c(F)cc(F)cc4[nH]3)o1)c1c[nH]c(C(=O)O)c1N2. The van der Waals surface area contributed by atoms with Gasteiger partial charge in [0.25, 0.3) is 0 Å². The van der Waals surface area contributed by atoms with Crippen molar-refractivity contribution in [3.63, 3.8) is 0 Å². The number of carbonyl (C=O) groups excluding carboxylic acids is 1. The van der Waals surface area contributed by atoms with Gasteiger partial charge >= 0.3 is 5.97 Å². The number of nitrogens with zero attached hydrogens (tertiary/aromatic N) is 1. The second-order valence-corrected chi connectivity index (χ2v) is 9.10. The summed E-state index contributed by atoms with van der Waals surface area (Å²) >= 11 is 1.09. The van der Waals surface area contributed by atoms with Crippen molar-refractivity contribution < 1.29 is 27.9 Å². The average molecular weight is 482 g/mol. The normalized spacial score (nSPS) is 17.6. The zero-order valence-corrected chi connectivity index (χ0v) is 18.2. The Bertz CT molecular complexity index is 1530. The maximum absolute atomic E-state index is 14.0. The molecule has 0 amide bonds. The summed E-state index contributed by atoms with van der Waals surface area (Å²) in [4.78, 5) is 34.4. The minimum absolute atomic E-state index is 0.0112. The number of aromatic nitrogens is 3. The first kappa shape index (κ1) is 20.7. The first-order valence-electron chi connectivity index (χ1n) is 10.5. The number of benzene rings is 1. The lowest BCUT2D eigenvalue weighted by Gasteiger charge is -2.31. The first-order chi connectivity index (χ1) is 16.4. The molecule has 0 saturated carbocycles. The van der Waals surface area contributed by atoms with Gasteiger partial charge in [-0.25, -0.2) is 18.6 Å². The van der Waals surface area contributed by atoms with Crippen LogP contribution in [0.1, 0.15) is 47.0 Å². The molecular weight excluding hydrogens is 466 g/mol. The number of aromatic carboxylic acids is 1. The molecule has 1 atom stereocenters. The highest BCUT2D eigenvalue weighted by atomic mass is 32.2. The van der Waals surface area contributed by atoms with Crippen LogP contribution in [0.25, 0.3) is 11.0 Å². The Labute approximate surface area is 194 Å². The van der Waals surface area contributed by atoms with Crippen LogP contribution in [-0.4, -0.2) is 31.8 Å². The van der Waals surface area contributed by atoms with Crippen molar-refractivity contribution in [3.8, 4) is 0 Å². The Morgan fingerprint density at radius 1 is 1.24 bits per heavy atom. The van der Waals surface area contributed by atoms with Crippen molar-refractivity contribution in [2.24, 2.45) is 0 Å². The van der Waals surface area contributed by atoms with Gasteiger partial charge in [0, 0.05) is 35.5 Å². The van der Waals surface area contributed by atoms with E-state index in [-0.39, 0.29) is 22.5 Å². The van der Waals surface area contributed by atoms with Crippen LogP contribution in [0.15, 0.2) is 56.4 Å². The molecule has 4 N–H and O–H groups in total. The topological polar surface area (TPSA) is 124 Å². The molecule has 172 valence electrons. The number of halogens is 2. The molecule has 8 nitrogen and oxygen atoms in total. The fraction of sp³-hybridized carbons (Fsp3) is 0.174. The van der Waals surface area contributed by atoms with Crippen molar-refractivity contribution >= 4 is 40.2 Å². The molecular formula is C23H16F2N4O4S. The molecule has 11 heteroatoms. The van der Waals surface area contributed by atoms with Gasteiger partial charge in [-0.15, -0.1) is 0 Å². The largest absolute Gasteiger partial charge is 0.477 e. The fourth-order valence-corrected chi connectivity index (χ4v) is 5.37. The number of anilines is 1. The van der Waals surface area contributed by atoms with Gasteiger partial charge < -0.3 is 24.8 Å². The number of fused-ring (bicyclic) bond motifs is 2. The van der Waals surface area contributed by atoms with Gasteiger partial charge in [0.15, 0.2) is 21.8 Å². The van der Waals surface area contributed by atoms with E-state index in [1.165, 1.54) is 0 Å². The second-order valence-electron chi connectivity index (χ2n) is 8.11. The lowest BCUT2D eigenvalue weighted by Crippen LogP contribution is -2.26. The van der Waals surface area contributed by atoms with Gasteiger partial charge in [-0.05, 0) is 42.8 Å². The molecule has 4 aromatic rings. The molecule has 1 aliphatic carbocycles. The predicted octanol–water partition coefficient (Wildman–Crippen LogP) is 5.18. The molecule has 1 aromatic carbocycles. The van der Waals surface area contributed by atoms with Crippen LogP contribution >= 0.6 is 11.8 Å². The third-order valence-electron chi connectivity index (χ3n) is 6.02. The zero-order chi connectivity index (χ0) is 23.6. The van der Waals surface area contributed by atoms with E-state index in [0.29, 0.717) is 57.8 Å². The summed E-state index contributed by atoms with van der Waals surface area (Å²) in [6.07, 6.45) is 3.30. The number of hydrogen-bond acceptors (Lipinski definition) is 6. The van der Waals surface area contributed by atoms with Crippen molar-refractivity contribution in [2.45, 2.75) is 35.4 Å². The summed E-state index contributed by atoms with van der Waals surface area (Å²) in [5.74, 6) is -2.69. The van der Waals surface area contributed by atoms with E-state index in [0.717, 1.165) is 23.9 Å². The smallest absolute Gasteiger partial charge is 0.354 e. The molecule has 0 radical (unpaired) electrons. The van der Waals surface area contributed by atoms with Crippen molar-refractivity contribution in [1.82, 2.24) is 15.0 Å². The Balaban J connectivity index is 1.39. The van der Waals surface area contributed by atoms with Crippen LogP contribution in [0.3, 0.4) is 0 Å². The third kappa shape index (κ3) is 3.23. The van der Waals surface area contributed by atoms with Crippen molar-refractivity contribution in [3.05, 3.63) is 70.4 Å². The molecule has 4 heterocycles. The van der Waals surface area contributed by atoms with E-state index in [1.807, 2.05) is 0 Å². The standard InChI is InChI=1S/C23H16F2N4O4S/c24-9-6-11(25)20-13(7-9)28-23(29-20)34-16-5-4-15(33-16)17-10-8-26-21(22(31)32)19(10)27-12-2-1-3-14(30)18(12)17/h4-8,17,26-27H,1-3H2,(H,28,29)(H,31,32). The van der Waals surface area contributed by atoms with Gasteiger partial charge in [-0.2, -0.15) is 0 Å². The summed E-state index contributed by atoms with van der Waals surface area (Å²) in [5.41, 5.74) is 2.57. The van der Waals surface area contributed by atoms with Gasteiger partial charge in [0.1, 0.15) is 22.8 Å². The van der Waals surface area contributed by atoms with E-state index < -0.39 is 23.5 Å². The van der Waals surface area contributed by atoms with Gasteiger partial charge in [0.2, 0.25) is 0 Å². The number of furan rings is 1.